The first-order chi connectivity index (χ1) is 12.3. The summed E-state index contributed by atoms with van der Waals surface area (Å²) < 4.78 is 2.05. The Balaban J connectivity index is 1.32. The van der Waals surface area contributed by atoms with E-state index in [2.05, 4.69) is 20.2 Å². The second kappa shape index (κ2) is 7.41. The summed E-state index contributed by atoms with van der Waals surface area (Å²) in [5.41, 5.74) is 2.11. The summed E-state index contributed by atoms with van der Waals surface area (Å²) in [5.74, 6) is 0.860. The van der Waals surface area contributed by atoms with Crippen molar-refractivity contribution < 1.29 is 4.79 Å². The molecule has 4 rings (SSSR count). The summed E-state index contributed by atoms with van der Waals surface area (Å²) in [6.07, 6.45) is 4.31. The van der Waals surface area contributed by atoms with E-state index < -0.39 is 0 Å². The molecule has 0 spiro atoms. The summed E-state index contributed by atoms with van der Waals surface area (Å²) in [6, 6.07) is 11.9. The van der Waals surface area contributed by atoms with Gasteiger partial charge in [-0.2, -0.15) is 0 Å². The molecule has 0 bridgehead atoms. The van der Waals surface area contributed by atoms with E-state index in [9.17, 15) is 4.79 Å². The van der Waals surface area contributed by atoms with Crippen LogP contribution in [-0.4, -0.2) is 34.7 Å². The van der Waals surface area contributed by atoms with Gasteiger partial charge in [-0.1, -0.05) is 23.9 Å². The molecular formula is C18H18N4OS2. The van der Waals surface area contributed by atoms with E-state index in [4.69, 9.17) is 0 Å². The van der Waals surface area contributed by atoms with E-state index in [1.807, 2.05) is 42.6 Å². The van der Waals surface area contributed by atoms with Crippen molar-refractivity contribution in [2.45, 2.75) is 17.2 Å². The first-order valence-electron chi connectivity index (χ1n) is 8.27. The lowest BCUT2D eigenvalue weighted by atomic mass is 10.3. The zero-order valence-electron chi connectivity index (χ0n) is 13.6. The number of hydrogen-bond donors (Lipinski definition) is 1. The molecule has 3 aromatic rings. The van der Waals surface area contributed by atoms with Gasteiger partial charge in [0, 0.05) is 13.1 Å². The fourth-order valence-electron chi connectivity index (χ4n) is 2.84. The molecule has 25 heavy (non-hydrogen) atoms. The van der Waals surface area contributed by atoms with Crippen LogP contribution in [0.25, 0.3) is 10.2 Å². The van der Waals surface area contributed by atoms with Crippen LogP contribution in [0.1, 0.15) is 12.8 Å². The molecule has 0 unspecified atom stereocenters. The number of hydrogen-bond acceptors (Lipinski definition) is 6. The molecule has 2 aromatic heterocycles. The van der Waals surface area contributed by atoms with Crippen LogP contribution in [0, 0.1) is 0 Å². The second-order valence-electron chi connectivity index (χ2n) is 5.88. The molecule has 1 aliphatic heterocycles. The van der Waals surface area contributed by atoms with Gasteiger partial charge in [-0.15, -0.1) is 11.3 Å². The molecule has 1 saturated heterocycles. The molecular weight excluding hydrogens is 352 g/mol. The van der Waals surface area contributed by atoms with Crippen LogP contribution in [0.5, 0.6) is 0 Å². The largest absolute Gasteiger partial charge is 0.370 e. The number of pyridine rings is 1. The average molecular weight is 371 g/mol. The molecule has 0 aliphatic carbocycles. The molecule has 1 N–H and O–H groups in total. The van der Waals surface area contributed by atoms with E-state index in [1.54, 1.807) is 11.3 Å². The van der Waals surface area contributed by atoms with Gasteiger partial charge < -0.3 is 10.2 Å². The highest BCUT2D eigenvalue weighted by molar-refractivity contribution is 8.01. The summed E-state index contributed by atoms with van der Waals surface area (Å²) in [6.45, 7) is 2.18. The Hall–Kier alpha value is -2.12. The number of carbonyl (C=O) groups excluding carboxylic acids is 1. The summed E-state index contributed by atoms with van der Waals surface area (Å²) in [5, 5.41) is 2.85. The van der Waals surface area contributed by atoms with E-state index in [1.165, 1.54) is 24.6 Å². The lowest BCUT2D eigenvalue weighted by molar-refractivity contribution is -0.113. The Morgan fingerprint density at radius 3 is 2.80 bits per heavy atom. The van der Waals surface area contributed by atoms with Gasteiger partial charge in [0.1, 0.15) is 5.82 Å². The predicted octanol–water partition coefficient (Wildman–Crippen LogP) is 4.02. The van der Waals surface area contributed by atoms with Gasteiger partial charge in [-0.3, -0.25) is 4.79 Å². The van der Waals surface area contributed by atoms with E-state index >= 15 is 0 Å². The van der Waals surface area contributed by atoms with Crippen molar-refractivity contribution in [1.82, 2.24) is 9.97 Å². The lowest BCUT2D eigenvalue weighted by Crippen LogP contribution is -2.18. The molecule has 1 aliphatic rings. The monoisotopic (exact) mass is 370 g/mol. The first-order valence-corrected chi connectivity index (χ1v) is 10.1. The van der Waals surface area contributed by atoms with Crippen molar-refractivity contribution in [3.05, 3.63) is 42.6 Å². The Bertz CT molecular complexity index is 839. The van der Waals surface area contributed by atoms with Crippen molar-refractivity contribution >= 4 is 50.7 Å². The molecule has 128 valence electrons. The molecule has 5 nitrogen and oxygen atoms in total. The Kier molecular flexibility index (Phi) is 4.85. The van der Waals surface area contributed by atoms with E-state index in [-0.39, 0.29) is 5.91 Å². The normalized spacial score (nSPS) is 14.2. The summed E-state index contributed by atoms with van der Waals surface area (Å²) in [7, 11) is 0. The Morgan fingerprint density at radius 2 is 2.04 bits per heavy atom. The SMILES string of the molecule is O=C(CSc1nc2ccccc2s1)Nc1ccc(N2CCCC2)cn1. The van der Waals surface area contributed by atoms with Crippen molar-refractivity contribution in [2.75, 3.05) is 29.1 Å². The number of para-hydroxylation sites is 1. The maximum absolute atomic E-state index is 12.1. The average Bonchev–Trinajstić information content (AvgIpc) is 3.30. The zero-order valence-corrected chi connectivity index (χ0v) is 15.3. The summed E-state index contributed by atoms with van der Waals surface area (Å²) in [4.78, 5) is 23.3. The van der Waals surface area contributed by atoms with Crippen LogP contribution in [0.3, 0.4) is 0 Å². The van der Waals surface area contributed by atoms with Crippen LogP contribution in [0.2, 0.25) is 0 Å². The highest BCUT2D eigenvalue weighted by atomic mass is 32.2. The summed E-state index contributed by atoms with van der Waals surface area (Å²) >= 11 is 3.07. The first kappa shape index (κ1) is 16.4. The van der Waals surface area contributed by atoms with E-state index in [0.29, 0.717) is 11.6 Å². The van der Waals surface area contributed by atoms with Crippen molar-refractivity contribution in [2.24, 2.45) is 0 Å². The van der Waals surface area contributed by atoms with Gasteiger partial charge in [-0.25, -0.2) is 9.97 Å². The van der Waals surface area contributed by atoms with Gasteiger partial charge in [0.05, 0.1) is 27.9 Å². The van der Waals surface area contributed by atoms with Crippen LogP contribution in [-0.2, 0) is 4.79 Å². The highest BCUT2D eigenvalue weighted by Crippen LogP contribution is 2.29. The van der Waals surface area contributed by atoms with Crippen LogP contribution in [0.15, 0.2) is 46.9 Å². The number of thioether (sulfide) groups is 1. The number of anilines is 2. The molecule has 0 saturated carbocycles. The van der Waals surface area contributed by atoms with Gasteiger partial charge in [-0.05, 0) is 37.1 Å². The number of rotatable bonds is 5. The third-order valence-electron chi connectivity index (χ3n) is 4.09. The topological polar surface area (TPSA) is 58.1 Å². The quantitative estimate of drug-likeness (QED) is 0.688. The van der Waals surface area contributed by atoms with Gasteiger partial charge in [0.15, 0.2) is 4.34 Å². The molecule has 1 aromatic carbocycles. The standard InChI is InChI=1S/C18H18N4OS2/c23-17(12-24-18-20-14-5-1-2-6-15(14)25-18)21-16-8-7-13(11-19-16)22-9-3-4-10-22/h1-2,5-8,11H,3-4,9-10,12H2,(H,19,21,23). The number of fused-ring (bicyclic) bond motifs is 1. The number of carbonyl (C=O) groups is 1. The minimum atomic E-state index is -0.0642. The third-order valence-corrected chi connectivity index (χ3v) is 6.27. The number of nitrogens with one attached hydrogen (secondary N) is 1. The maximum atomic E-state index is 12.1. The lowest BCUT2D eigenvalue weighted by Gasteiger charge is -2.17. The zero-order chi connectivity index (χ0) is 17.1. The third kappa shape index (κ3) is 3.93. The molecule has 0 atom stereocenters. The van der Waals surface area contributed by atoms with Crippen LogP contribution in [0.4, 0.5) is 11.5 Å². The molecule has 1 amide bonds. The van der Waals surface area contributed by atoms with Crippen LogP contribution < -0.4 is 10.2 Å². The molecule has 1 fully saturated rings. The fourth-order valence-corrected chi connectivity index (χ4v) is 4.71. The maximum Gasteiger partial charge on any atom is 0.235 e. The number of amides is 1. The minimum Gasteiger partial charge on any atom is -0.370 e. The van der Waals surface area contributed by atoms with Crippen LogP contribution >= 0.6 is 23.1 Å². The fraction of sp³-hybridized carbons (Fsp3) is 0.278. The number of nitrogens with zero attached hydrogens (tertiary/aromatic N) is 3. The minimum absolute atomic E-state index is 0.0642. The number of benzene rings is 1. The van der Waals surface area contributed by atoms with Gasteiger partial charge in [0.25, 0.3) is 0 Å². The number of thiazole rings is 1. The van der Waals surface area contributed by atoms with Crippen molar-refractivity contribution in [3.8, 4) is 0 Å². The Labute approximate surface area is 154 Å². The Morgan fingerprint density at radius 1 is 1.20 bits per heavy atom. The highest BCUT2D eigenvalue weighted by Gasteiger charge is 2.13. The van der Waals surface area contributed by atoms with Gasteiger partial charge >= 0.3 is 0 Å². The smallest absolute Gasteiger partial charge is 0.235 e. The second-order valence-corrected chi connectivity index (χ2v) is 8.13. The van der Waals surface area contributed by atoms with Crippen molar-refractivity contribution in [1.29, 1.82) is 0 Å². The molecule has 0 radical (unpaired) electrons. The van der Waals surface area contributed by atoms with E-state index in [0.717, 1.165) is 33.3 Å². The van der Waals surface area contributed by atoms with Crippen molar-refractivity contribution in [3.63, 3.8) is 0 Å². The van der Waals surface area contributed by atoms with Gasteiger partial charge in [0.2, 0.25) is 5.91 Å². The predicted molar refractivity (Wildman–Crippen MR) is 105 cm³/mol. The molecule has 7 heteroatoms. The number of aromatic nitrogens is 2. The molecule has 3 heterocycles.